The predicted molar refractivity (Wildman–Crippen MR) is 386 cm³/mol. The molecule has 95 heavy (non-hydrogen) atoms. The van der Waals surface area contributed by atoms with Gasteiger partial charge in [-0.3, -0.25) is 37.3 Å². The van der Waals surface area contributed by atoms with Gasteiger partial charge in [0.1, 0.15) is 19.3 Å². The average molecular weight is 1400 g/mol. The molecule has 0 saturated heterocycles. The summed E-state index contributed by atoms with van der Waals surface area (Å²) in [6.45, 7) is 14.2. The zero-order valence-electron chi connectivity index (χ0n) is 62.3. The fourth-order valence-corrected chi connectivity index (χ4v) is 13.1. The highest BCUT2D eigenvalue weighted by Crippen LogP contribution is 2.45. The Labute approximate surface area is 581 Å². The lowest BCUT2D eigenvalue weighted by atomic mass is 9.99. The Morgan fingerprint density at radius 3 is 0.747 bits per heavy atom. The number of hydrogen-bond acceptors (Lipinski definition) is 15. The molecule has 564 valence electrons. The Balaban J connectivity index is 5.17. The number of esters is 4. The molecular formula is C76H148O17P2. The number of aliphatic hydroxyl groups excluding tert-OH is 1. The van der Waals surface area contributed by atoms with Crippen LogP contribution in [0.5, 0.6) is 0 Å². The summed E-state index contributed by atoms with van der Waals surface area (Å²) in [5.74, 6) is 0.940. The lowest BCUT2D eigenvalue weighted by Gasteiger charge is -2.21. The van der Waals surface area contributed by atoms with Crippen molar-refractivity contribution >= 4 is 39.5 Å². The number of rotatable bonds is 73. The second kappa shape index (κ2) is 65.4. The van der Waals surface area contributed by atoms with E-state index in [1.54, 1.807) is 0 Å². The van der Waals surface area contributed by atoms with E-state index in [1.807, 2.05) is 0 Å². The fraction of sp³-hybridized carbons (Fsp3) is 0.947. The van der Waals surface area contributed by atoms with Crippen molar-refractivity contribution in [2.75, 3.05) is 39.6 Å². The summed E-state index contributed by atoms with van der Waals surface area (Å²) in [7, 11) is -9.91. The number of phosphoric acid groups is 2. The number of ether oxygens (including phenoxy) is 4. The van der Waals surface area contributed by atoms with Crippen LogP contribution in [0.3, 0.4) is 0 Å². The van der Waals surface area contributed by atoms with Crippen molar-refractivity contribution in [1.82, 2.24) is 0 Å². The van der Waals surface area contributed by atoms with E-state index in [4.69, 9.17) is 37.0 Å². The van der Waals surface area contributed by atoms with Crippen molar-refractivity contribution < 1.29 is 80.2 Å². The third-order valence-electron chi connectivity index (χ3n) is 18.3. The highest BCUT2D eigenvalue weighted by atomic mass is 31.2. The van der Waals surface area contributed by atoms with Crippen LogP contribution in [-0.4, -0.2) is 96.7 Å². The highest BCUT2D eigenvalue weighted by molar-refractivity contribution is 7.47. The van der Waals surface area contributed by atoms with Crippen molar-refractivity contribution in [3.63, 3.8) is 0 Å². The number of carbonyl (C=O) groups is 4. The Hall–Kier alpha value is -1.94. The molecule has 0 heterocycles. The van der Waals surface area contributed by atoms with Crippen LogP contribution in [0.25, 0.3) is 0 Å². The predicted octanol–water partition coefficient (Wildman–Crippen LogP) is 22.0. The summed E-state index contributed by atoms with van der Waals surface area (Å²) in [4.78, 5) is 72.7. The van der Waals surface area contributed by atoms with E-state index in [0.717, 1.165) is 120 Å². The van der Waals surface area contributed by atoms with E-state index in [2.05, 4.69) is 55.4 Å². The molecule has 0 amide bonds. The number of unbranched alkanes of at least 4 members (excludes halogenated alkanes) is 37. The van der Waals surface area contributed by atoms with E-state index >= 15 is 0 Å². The first-order valence-corrected chi connectivity index (χ1v) is 42.3. The van der Waals surface area contributed by atoms with Crippen LogP contribution in [0, 0.1) is 23.7 Å². The Morgan fingerprint density at radius 2 is 0.505 bits per heavy atom. The minimum atomic E-state index is -4.96. The van der Waals surface area contributed by atoms with Gasteiger partial charge >= 0.3 is 39.5 Å². The first-order valence-electron chi connectivity index (χ1n) is 39.3. The molecular weight excluding hydrogens is 1250 g/mol. The largest absolute Gasteiger partial charge is 0.472 e. The summed E-state index contributed by atoms with van der Waals surface area (Å²) in [5.41, 5.74) is 0. The Morgan fingerprint density at radius 1 is 0.295 bits per heavy atom. The Kier molecular flexibility index (Phi) is 64.0. The molecule has 0 bridgehead atoms. The molecule has 0 aliphatic heterocycles. The van der Waals surface area contributed by atoms with Gasteiger partial charge in [-0.05, 0) is 49.4 Å². The monoisotopic (exact) mass is 1400 g/mol. The molecule has 19 heteroatoms. The van der Waals surface area contributed by atoms with Crippen molar-refractivity contribution in [3.8, 4) is 0 Å². The zero-order chi connectivity index (χ0) is 70.3. The third kappa shape index (κ3) is 67.6. The molecule has 0 saturated carbocycles. The molecule has 7 atom stereocenters. The summed E-state index contributed by atoms with van der Waals surface area (Å²) >= 11 is 0. The normalized spacial score (nSPS) is 14.7. The van der Waals surface area contributed by atoms with Crippen molar-refractivity contribution in [1.29, 1.82) is 0 Å². The molecule has 0 radical (unpaired) electrons. The number of phosphoric ester groups is 2. The topological polar surface area (TPSA) is 237 Å². The molecule has 0 aromatic rings. The van der Waals surface area contributed by atoms with Gasteiger partial charge in [0, 0.05) is 25.7 Å². The van der Waals surface area contributed by atoms with Crippen LogP contribution in [-0.2, 0) is 65.4 Å². The summed E-state index contributed by atoms with van der Waals surface area (Å²) in [6.07, 6.45) is 50.1. The van der Waals surface area contributed by atoms with Crippen LogP contribution >= 0.6 is 15.6 Å². The van der Waals surface area contributed by atoms with Gasteiger partial charge in [0.05, 0.1) is 26.4 Å². The van der Waals surface area contributed by atoms with Gasteiger partial charge < -0.3 is 33.8 Å². The lowest BCUT2D eigenvalue weighted by Crippen LogP contribution is -2.30. The van der Waals surface area contributed by atoms with Crippen molar-refractivity contribution in [2.45, 2.75) is 401 Å². The van der Waals surface area contributed by atoms with Crippen LogP contribution in [0.15, 0.2) is 0 Å². The van der Waals surface area contributed by atoms with Crippen molar-refractivity contribution in [2.24, 2.45) is 23.7 Å². The molecule has 3 N–H and O–H groups in total. The maximum absolute atomic E-state index is 13.1. The second-order valence-corrected chi connectivity index (χ2v) is 31.7. The lowest BCUT2D eigenvalue weighted by molar-refractivity contribution is -0.161. The van der Waals surface area contributed by atoms with Gasteiger partial charge in [0.2, 0.25) is 0 Å². The van der Waals surface area contributed by atoms with E-state index in [-0.39, 0.29) is 25.7 Å². The first-order chi connectivity index (χ1) is 45.7. The Bertz CT molecular complexity index is 1870. The van der Waals surface area contributed by atoms with Gasteiger partial charge in [-0.25, -0.2) is 9.13 Å². The van der Waals surface area contributed by atoms with Gasteiger partial charge in [-0.1, -0.05) is 331 Å². The molecule has 0 rings (SSSR count). The van der Waals surface area contributed by atoms with Crippen LogP contribution < -0.4 is 0 Å². The minimum Gasteiger partial charge on any atom is -0.462 e. The molecule has 0 aromatic heterocycles. The number of aliphatic hydroxyl groups is 1. The smallest absolute Gasteiger partial charge is 0.462 e. The molecule has 0 fully saturated rings. The van der Waals surface area contributed by atoms with Gasteiger partial charge in [0.15, 0.2) is 12.2 Å². The zero-order valence-corrected chi connectivity index (χ0v) is 64.1. The summed E-state index contributed by atoms with van der Waals surface area (Å²) in [6, 6.07) is 0. The van der Waals surface area contributed by atoms with Crippen LogP contribution in [0.4, 0.5) is 0 Å². The van der Waals surface area contributed by atoms with E-state index < -0.39 is 97.5 Å². The van der Waals surface area contributed by atoms with Gasteiger partial charge in [0.25, 0.3) is 0 Å². The second-order valence-electron chi connectivity index (χ2n) is 28.8. The molecule has 0 aliphatic rings. The SMILES string of the molecule is CCC(C)CCCCCCCCCCCCCCCCCCCCC(=O)O[C@H](COC(=O)CCCCCCCCC(C)CC)COP(=O)(O)OC[C@H](O)COP(=O)(O)OC[C@@H](COC(=O)CCCCCCCCCCC(C)C)OC(=O)CCCCCCCCCCCC(C)C. The molecule has 0 aliphatic carbocycles. The average Bonchev–Trinajstić information content (AvgIpc) is 1.27. The highest BCUT2D eigenvalue weighted by Gasteiger charge is 2.30. The summed E-state index contributed by atoms with van der Waals surface area (Å²) in [5, 5.41) is 10.6. The van der Waals surface area contributed by atoms with Crippen LogP contribution in [0.1, 0.15) is 383 Å². The van der Waals surface area contributed by atoms with E-state index in [0.29, 0.717) is 25.7 Å². The number of hydrogen-bond donors (Lipinski definition) is 3. The maximum Gasteiger partial charge on any atom is 0.472 e. The number of carbonyl (C=O) groups excluding carboxylic acids is 4. The van der Waals surface area contributed by atoms with E-state index in [1.165, 1.54) is 180 Å². The van der Waals surface area contributed by atoms with Gasteiger partial charge in [-0.2, -0.15) is 0 Å². The standard InChI is InChI=1S/C76H148O17P2/c1-9-68(7)54-46-38-30-23-19-17-15-13-11-12-14-16-18-20-24-32-42-50-58-75(80)93-72(63-87-74(79)57-49-41-35-34-39-47-55-69(8)10-2)65-91-95(84,85)89-61-70(77)60-88-94(82,83)90-64-71(62-86-73(78)56-48-40-31-27-26-29-37-45-53-67(5)6)92-76(81)59-51-43-33-25-21-22-28-36-44-52-66(3)4/h66-72,77H,9-65H2,1-8H3,(H,82,83)(H,84,85)/t68?,69?,70-,71-,72-/m1/s1. The molecule has 0 spiro atoms. The van der Waals surface area contributed by atoms with Crippen LogP contribution in [0.2, 0.25) is 0 Å². The molecule has 4 unspecified atom stereocenters. The third-order valence-corrected chi connectivity index (χ3v) is 20.2. The van der Waals surface area contributed by atoms with Gasteiger partial charge in [-0.15, -0.1) is 0 Å². The van der Waals surface area contributed by atoms with Crippen molar-refractivity contribution in [3.05, 3.63) is 0 Å². The first kappa shape index (κ1) is 93.1. The molecule has 17 nitrogen and oxygen atoms in total. The quantitative estimate of drug-likeness (QED) is 0.0222. The fourth-order valence-electron chi connectivity index (χ4n) is 11.5. The van der Waals surface area contributed by atoms with E-state index in [9.17, 15) is 43.2 Å². The minimum absolute atomic E-state index is 0.104. The summed E-state index contributed by atoms with van der Waals surface area (Å²) < 4.78 is 68.4. The maximum atomic E-state index is 13.1. The molecule has 0 aromatic carbocycles.